The predicted octanol–water partition coefficient (Wildman–Crippen LogP) is 2.48. The third-order valence-corrected chi connectivity index (χ3v) is 3.48. The summed E-state index contributed by atoms with van der Waals surface area (Å²) in [7, 11) is 0. The normalized spacial score (nSPS) is 10.5. The van der Waals surface area contributed by atoms with Gasteiger partial charge in [-0.2, -0.15) is 0 Å². The third-order valence-electron chi connectivity index (χ3n) is 3.48. The van der Waals surface area contributed by atoms with E-state index in [9.17, 15) is 14.0 Å². The first-order valence-electron chi connectivity index (χ1n) is 7.43. The Morgan fingerprint density at radius 3 is 2.71 bits per heavy atom. The maximum absolute atomic E-state index is 13.4. The summed E-state index contributed by atoms with van der Waals surface area (Å²) in [6, 6.07) is 14.4. The molecule has 0 saturated carbocycles. The van der Waals surface area contributed by atoms with Crippen molar-refractivity contribution in [2.75, 3.05) is 13.2 Å². The molecule has 0 aliphatic rings. The van der Waals surface area contributed by atoms with E-state index in [2.05, 4.69) is 10.3 Å². The van der Waals surface area contributed by atoms with Gasteiger partial charge in [0.15, 0.2) is 11.6 Å². The van der Waals surface area contributed by atoms with Crippen LogP contribution in [0.1, 0.15) is 10.4 Å². The molecular formula is C18H15FN2O3. The fourth-order valence-corrected chi connectivity index (χ4v) is 2.38. The summed E-state index contributed by atoms with van der Waals surface area (Å²) in [5.74, 6) is -0.702. The van der Waals surface area contributed by atoms with E-state index in [1.54, 1.807) is 36.4 Å². The fraction of sp³-hybridized carbons (Fsp3) is 0.111. The highest BCUT2D eigenvalue weighted by molar-refractivity contribution is 6.05. The van der Waals surface area contributed by atoms with Crippen LogP contribution in [0.25, 0.3) is 10.9 Å². The van der Waals surface area contributed by atoms with Crippen molar-refractivity contribution < 1.29 is 13.9 Å². The van der Waals surface area contributed by atoms with Gasteiger partial charge in [0.1, 0.15) is 6.61 Å². The number of aromatic amines is 1. The van der Waals surface area contributed by atoms with Crippen molar-refractivity contribution in [3.05, 3.63) is 76.3 Å². The zero-order chi connectivity index (χ0) is 16.9. The molecule has 3 aromatic rings. The Hall–Kier alpha value is -3.15. The van der Waals surface area contributed by atoms with E-state index in [4.69, 9.17) is 4.74 Å². The van der Waals surface area contributed by atoms with Gasteiger partial charge in [-0.25, -0.2) is 4.39 Å². The van der Waals surface area contributed by atoms with Gasteiger partial charge in [-0.1, -0.05) is 30.3 Å². The summed E-state index contributed by atoms with van der Waals surface area (Å²) >= 11 is 0. The van der Waals surface area contributed by atoms with Gasteiger partial charge in [-0.3, -0.25) is 9.59 Å². The van der Waals surface area contributed by atoms with E-state index in [0.717, 1.165) is 0 Å². The lowest BCUT2D eigenvalue weighted by Gasteiger charge is -2.09. The molecular weight excluding hydrogens is 311 g/mol. The molecule has 1 amide bonds. The number of H-pyrrole nitrogens is 1. The number of hydrogen-bond acceptors (Lipinski definition) is 3. The van der Waals surface area contributed by atoms with Gasteiger partial charge in [0.25, 0.3) is 5.91 Å². The number of benzene rings is 2. The SMILES string of the molecule is O=C(NCCOc1ccccc1F)c1cc(=O)[nH]c2ccccc12. The minimum Gasteiger partial charge on any atom is -0.489 e. The van der Waals surface area contributed by atoms with Crippen LogP contribution in [-0.2, 0) is 0 Å². The van der Waals surface area contributed by atoms with Gasteiger partial charge in [-0.15, -0.1) is 0 Å². The molecule has 3 rings (SSSR count). The summed E-state index contributed by atoms with van der Waals surface area (Å²) in [6.45, 7) is 0.308. The van der Waals surface area contributed by atoms with Crippen molar-refractivity contribution in [3.63, 3.8) is 0 Å². The van der Waals surface area contributed by atoms with Crippen molar-refractivity contribution in [1.29, 1.82) is 0 Å². The number of para-hydroxylation sites is 2. The second kappa shape index (κ2) is 6.95. The van der Waals surface area contributed by atoms with Crippen LogP contribution in [0.2, 0.25) is 0 Å². The molecule has 0 aliphatic carbocycles. The maximum Gasteiger partial charge on any atom is 0.252 e. The summed E-state index contributed by atoms with van der Waals surface area (Å²) in [5, 5.41) is 3.33. The minimum atomic E-state index is -0.454. The van der Waals surface area contributed by atoms with Gasteiger partial charge < -0.3 is 15.0 Å². The van der Waals surface area contributed by atoms with Crippen LogP contribution in [0.3, 0.4) is 0 Å². The first-order valence-corrected chi connectivity index (χ1v) is 7.43. The number of ether oxygens (including phenoxy) is 1. The first-order chi connectivity index (χ1) is 11.6. The van der Waals surface area contributed by atoms with Gasteiger partial charge >= 0.3 is 0 Å². The number of hydrogen-bond donors (Lipinski definition) is 2. The van der Waals surface area contributed by atoms with Crippen molar-refractivity contribution in [2.24, 2.45) is 0 Å². The third kappa shape index (κ3) is 3.43. The topological polar surface area (TPSA) is 71.2 Å². The van der Waals surface area contributed by atoms with Gasteiger partial charge in [0.05, 0.1) is 12.1 Å². The quantitative estimate of drug-likeness (QED) is 0.708. The summed E-state index contributed by atoms with van der Waals surface area (Å²) in [4.78, 5) is 26.6. The molecule has 0 atom stereocenters. The molecule has 6 heteroatoms. The second-order valence-electron chi connectivity index (χ2n) is 5.13. The van der Waals surface area contributed by atoms with Gasteiger partial charge in [0.2, 0.25) is 5.56 Å². The highest BCUT2D eigenvalue weighted by Crippen LogP contribution is 2.15. The van der Waals surface area contributed by atoms with Crippen molar-refractivity contribution in [1.82, 2.24) is 10.3 Å². The monoisotopic (exact) mass is 326 g/mol. The largest absolute Gasteiger partial charge is 0.489 e. The molecule has 0 bridgehead atoms. The Kier molecular flexibility index (Phi) is 4.56. The summed E-state index contributed by atoms with van der Waals surface area (Å²) in [5.41, 5.74) is 0.541. The highest BCUT2D eigenvalue weighted by atomic mass is 19.1. The van der Waals surface area contributed by atoms with Gasteiger partial charge in [0, 0.05) is 17.0 Å². The Morgan fingerprint density at radius 2 is 1.88 bits per heavy atom. The van der Waals surface area contributed by atoms with Crippen LogP contribution in [-0.4, -0.2) is 24.0 Å². The molecule has 0 radical (unpaired) electrons. The number of carbonyl (C=O) groups excluding carboxylic acids is 1. The molecule has 0 aliphatic heterocycles. The summed E-state index contributed by atoms with van der Waals surface area (Å²) in [6.07, 6.45) is 0. The van der Waals surface area contributed by atoms with Crippen LogP contribution in [0.4, 0.5) is 4.39 Å². The minimum absolute atomic E-state index is 0.119. The lowest BCUT2D eigenvalue weighted by atomic mass is 10.1. The maximum atomic E-state index is 13.4. The lowest BCUT2D eigenvalue weighted by Crippen LogP contribution is -2.29. The van der Waals surface area contributed by atoms with E-state index < -0.39 is 5.82 Å². The number of rotatable bonds is 5. The first kappa shape index (κ1) is 15.7. The van der Waals surface area contributed by atoms with E-state index in [-0.39, 0.29) is 30.4 Å². The van der Waals surface area contributed by atoms with Crippen molar-refractivity contribution in [2.45, 2.75) is 0 Å². The zero-order valence-electron chi connectivity index (χ0n) is 12.7. The smallest absolute Gasteiger partial charge is 0.252 e. The second-order valence-corrected chi connectivity index (χ2v) is 5.13. The molecule has 1 heterocycles. The number of fused-ring (bicyclic) bond motifs is 1. The van der Waals surface area contributed by atoms with Crippen LogP contribution < -0.4 is 15.6 Å². The molecule has 24 heavy (non-hydrogen) atoms. The van der Waals surface area contributed by atoms with Crippen LogP contribution in [0.5, 0.6) is 5.75 Å². The molecule has 5 nitrogen and oxygen atoms in total. The molecule has 0 fully saturated rings. The Bertz CT molecular complexity index is 937. The lowest BCUT2D eigenvalue weighted by molar-refractivity contribution is 0.0948. The molecule has 2 aromatic carbocycles. The van der Waals surface area contributed by atoms with E-state index in [0.29, 0.717) is 16.5 Å². The molecule has 0 saturated heterocycles. The standard InChI is InChI=1S/C18H15FN2O3/c19-14-6-2-4-8-16(14)24-10-9-20-18(23)13-11-17(22)21-15-7-3-1-5-12(13)15/h1-8,11H,9-10H2,(H,20,23)(H,21,22). The number of halogens is 1. The average molecular weight is 326 g/mol. The number of pyridine rings is 1. The predicted molar refractivity (Wildman–Crippen MR) is 88.8 cm³/mol. The van der Waals surface area contributed by atoms with Gasteiger partial charge in [-0.05, 0) is 18.2 Å². The van der Waals surface area contributed by atoms with E-state index in [1.807, 2.05) is 0 Å². The van der Waals surface area contributed by atoms with E-state index >= 15 is 0 Å². The number of aromatic nitrogens is 1. The molecule has 0 unspecified atom stereocenters. The van der Waals surface area contributed by atoms with Crippen LogP contribution in [0.15, 0.2) is 59.4 Å². The van der Waals surface area contributed by atoms with Crippen LogP contribution >= 0.6 is 0 Å². The highest BCUT2D eigenvalue weighted by Gasteiger charge is 2.11. The molecule has 0 spiro atoms. The molecule has 122 valence electrons. The number of amides is 1. The van der Waals surface area contributed by atoms with Crippen molar-refractivity contribution in [3.8, 4) is 5.75 Å². The number of nitrogens with one attached hydrogen (secondary N) is 2. The molecule has 2 N–H and O–H groups in total. The zero-order valence-corrected chi connectivity index (χ0v) is 12.7. The fourth-order valence-electron chi connectivity index (χ4n) is 2.38. The van der Waals surface area contributed by atoms with E-state index in [1.165, 1.54) is 18.2 Å². The number of carbonyl (C=O) groups is 1. The average Bonchev–Trinajstić information content (AvgIpc) is 2.59. The Morgan fingerprint density at radius 1 is 1.12 bits per heavy atom. The van der Waals surface area contributed by atoms with Crippen LogP contribution in [0, 0.1) is 5.82 Å². The van der Waals surface area contributed by atoms with Crippen molar-refractivity contribution >= 4 is 16.8 Å². The Balaban J connectivity index is 1.66. The Labute approximate surface area is 137 Å². The molecule has 1 aromatic heterocycles. The summed E-state index contributed by atoms with van der Waals surface area (Å²) < 4.78 is 18.7.